The van der Waals surface area contributed by atoms with Crippen LogP contribution in [-0.2, 0) is 6.18 Å². The summed E-state index contributed by atoms with van der Waals surface area (Å²) in [7, 11) is 1.27. The van der Waals surface area contributed by atoms with Gasteiger partial charge < -0.3 is 10.1 Å². The molecule has 1 N–H and O–H groups in total. The Morgan fingerprint density at radius 2 is 1.57 bits per heavy atom. The molecule has 0 aliphatic carbocycles. The van der Waals surface area contributed by atoms with Gasteiger partial charge in [-0.3, -0.25) is 4.79 Å². The molecule has 0 saturated carbocycles. The molecule has 0 atom stereocenters. The molecule has 3 nitrogen and oxygen atoms in total. The molecule has 2 rings (SSSR count). The fourth-order valence-corrected chi connectivity index (χ4v) is 2.77. The van der Waals surface area contributed by atoms with Gasteiger partial charge in [0.1, 0.15) is 5.75 Å². The Bertz CT molecular complexity index is 876. The zero-order chi connectivity index (χ0) is 21.1. The summed E-state index contributed by atoms with van der Waals surface area (Å²) in [5.74, 6) is -0.478. The molecule has 0 spiro atoms. The lowest BCUT2D eigenvalue weighted by atomic mass is 9.91. The predicted molar refractivity (Wildman–Crippen MR) is 105 cm³/mol. The second kappa shape index (κ2) is 8.09. The summed E-state index contributed by atoms with van der Waals surface area (Å²) in [5.41, 5.74) is 1.57. The Labute approximate surface area is 163 Å². The fourth-order valence-electron chi connectivity index (χ4n) is 2.77. The Hall–Kier alpha value is -2.76. The normalized spacial score (nSPS) is 12.6. The van der Waals surface area contributed by atoms with Gasteiger partial charge in [-0.05, 0) is 47.7 Å². The van der Waals surface area contributed by atoms with Crippen molar-refractivity contribution in [2.24, 2.45) is 5.41 Å². The zero-order valence-corrected chi connectivity index (χ0v) is 16.6. The van der Waals surface area contributed by atoms with Crippen LogP contribution in [0.2, 0.25) is 0 Å². The van der Waals surface area contributed by atoms with E-state index in [1.807, 2.05) is 19.1 Å². The van der Waals surface area contributed by atoms with E-state index in [-0.39, 0.29) is 16.9 Å². The number of methoxy groups -OCH3 is 1. The molecule has 0 aliphatic rings. The number of nitrogens with one attached hydrogen (secondary N) is 1. The minimum atomic E-state index is -4.54. The predicted octanol–water partition coefficient (Wildman–Crippen LogP) is 6.42. The maximum Gasteiger partial charge on any atom is 0.416 e. The van der Waals surface area contributed by atoms with E-state index in [0.717, 1.165) is 23.3 Å². The molecule has 2 aromatic rings. The average molecular weight is 391 g/mol. The Morgan fingerprint density at radius 3 is 2.07 bits per heavy atom. The van der Waals surface area contributed by atoms with Crippen molar-refractivity contribution in [2.45, 2.75) is 33.9 Å². The Morgan fingerprint density at radius 1 is 1.00 bits per heavy atom. The number of allylic oxidation sites excluding steroid dienone is 2. The van der Waals surface area contributed by atoms with Crippen molar-refractivity contribution in [1.82, 2.24) is 0 Å². The van der Waals surface area contributed by atoms with Gasteiger partial charge in [-0.1, -0.05) is 39.0 Å². The molecule has 0 aliphatic heterocycles. The summed E-state index contributed by atoms with van der Waals surface area (Å²) in [6.07, 6.45) is -2.40. The van der Waals surface area contributed by atoms with Crippen LogP contribution in [0.4, 0.5) is 18.9 Å². The van der Waals surface area contributed by atoms with E-state index in [9.17, 15) is 18.0 Å². The minimum Gasteiger partial charge on any atom is -0.497 e. The molecule has 0 aromatic heterocycles. The highest BCUT2D eigenvalue weighted by Crippen LogP contribution is 2.34. The van der Waals surface area contributed by atoms with E-state index in [2.05, 4.69) is 32.2 Å². The molecule has 0 saturated heterocycles. The highest BCUT2D eigenvalue weighted by atomic mass is 19.4. The van der Waals surface area contributed by atoms with Gasteiger partial charge in [-0.2, -0.15) is 13.2 Å². The van der Waals surface area contributed by atoms with Crippen molar-refractivity contribution in [3.8, 4) is 5.75 Å². The largest absolute Gasteiger partial charge is 0.497 e. The number of rotatable bonds is 4. The van der Waals surface area contributed by atoms with Crippen LogP contribution in [0.25, 0.3) is 5.57 Å². The lowest BCUT2D eigenvalue weighted by molar-refractivity contribution is -0.137. The second-order valence-electron chi connectivity index (χ2n) is 7.67. The summed E-state index contributed by atoms with van der Waals surface area (Å²) in [5, 5.41) is 2.50. The quantitative estimate of drug-likeness (QED) is 0.653. The van der Waals surface area contributed by atoms with Crippen LogP contribution in [0, 0.1) is 5.41 Å². The van der Waals surface area contributed by atoms with E-state index in [1.165, 1.54) is 13.2 Å². The summed E-state index contributed by atoms with van der Waals surface area (Å²) in [6, 6.07) is 10.0. The molecule has 0 heterocycles. The average Bonchev–Trinajstić information content (AvgIpc) is 2.59. The lowest BCUT2D eigenvalue weighted by Gasteiger charge is -2.15. The van der Waals surface area contributed by atoms with E-state index < -0.39 is 17.6 Å². The number of benzene rings is 2. The van der Waals surface area contributed by atoms with Gasteiger partial charge in [-0.15, -0.1) is 0 Å². The maximum atomic E-state index is 13.0. The third-order valence-electron chi connectivity index (χ3n) is 3.98. The number of alkyl halides is 3. The third kappa shape index (κ3) is 5.87. The second-order valence-corrected chi connectivity index (χ2v) is 7.67. The number of hydrogen-bond acceptors (Lipinski definition) is 2. The molecule has 1 amide bonds. The Kier molecular flexibility index (Phi) is 6.22. The van der Waals surface area contributed by atoms with Crippen LogP contribution in [0.1, 0.15) is 49.2 Å². The maximum absolute atomic E-state index is 13.0. The highest BCUT2D eigenvalue weighted by Gasteiger charge is 2.31. The van der Waals surface area contributed by atoms with Crippen LogP contribution in [-0.4, -0.2) is 13.0 Å². The van der Waals surface area contributed by atoms with Gasteiger partial charge in [0.15, 0.2) is 0 Å². The SMILES string of the molecule is COc1cc(NC(=O)c2ccc(/C(C)=C/C(C)(C)C)cc2)cc(C(F)(F)F)c1. The molecular weight excluding hydrogens is 367 g/mol. The monoisotopic (exact) mass is 391 g/mol. The van der Waals surface area contributed by atoms with Gasteiger partial charge in [0.05, 0.1) is 12.7 Å². The van der Waals surface area contributed by atoms with Crippen molar-refractivity contribution >= 4 is 17.2 Å². The van der Waals surface area contributed by atoms with Crippen LogP contribution in [0.3, 0.4) is 0 Å². The zero-order valence-electron chi connectivity index (χ0n) is 16.6. The first-order chi connectivity index (χ1) is 12.9. The smallest absolute Gasteiger partial charge is 0.416 e. The molecule has 6 heteroatoms. The van der Waals surface area contributed by atoms with Crippen LogP contribution in [0.15, 0.2) is 48.5 Å². The minimum absolute atomic E-state index is 0.0171. The van der Waals surface area contributed by atoms with Gasteiger partial charge in [0, 0.05) is 17.3 Å². The van der Waals surface area contributed by atoms with Crippen molar-refractivity contribution in [3.63, 3.8) is 0 Å². The third-order valence-corrected chi connectivity index (χ3v) is 3.98. The van der Waals surface area contributed by atoms with E-state index in [0.29, 0.717) is 5.56 Å². The molecular formula is C22H24F3NO2. The van der Waals surface area contributed by atoms with E-state index >= 15 is 0 Å². The highest BCUT2D eigenvalue weighted by molar-refractivity contribution is 6.04. The number of anilines is 1. The molecule has 0 fully saturated rings. The molecule has 0 radical (unpaired) electrons. The first-order valence-electron chi connectivity index (χ1n) is 8.76. The summed E-state index contributed by atoms with van der Waals surface area (Å²) in [4.78, 5) is 12.4. The van der Waals surface area contributed by atoms with Crippen molar-refractivity contribution < 1.29 is 22.7 Å². The summed E-state index contributed by atoms with van der Waals surface area (Å²) in [6.45, 7) is 8.29. The van der Waals surface area contributed by atoms with Gasteiger partial charge in [0.25, 0.3) is 5.91 Å². The van der Waals surface area contributed by atoms with Crippen molar-refractivity contribution in [1.29, 1.82) is 0 Å². The molecule has 0 bridgehead atoms. The topological polar surface area (TPSA) is 38.3 Å². The number of amides is 1. The number of carbonyl (C=O) groups is 1. The van der Waals surface area contributed by atoms with E-state index in [4.69, 9.17) is 4.74 Å². The standard InChI is InChI=1S/C22H24F3NO2/c1-14(13-21(2,3)4)15-6-8-16(9-7-15)20(27)26-18-10-17(22(23,24)25)11-19(12-18)28-5/h6-13H,1-5H3,(H,26,27)/b14-13+. The van der Waals surface area contributed by atoms with Crippen LogP contribution >= 0.6 is 0 Å². The molecule has 0 unspecified atom stereocenters. The number of halogens is 3. The van der Waals surface area contributed by atoms with Gasteiger partial charge >= 0.3 is 6.18 Å². The van der Waals surface area contributed by atoms with E-state index in [1.54, 1.807) is 12.1 Å². The van der Waals surface area contributed by atoms with Gasteiger partial charge in [0.2, 0.25) is 0 Å². The van der Waals surface area contributed by atoms with Gasteiger partial charge in [-0.25, -0.2) is 0 Å². The fraction of sp³-hybridized carbons (Fsp3) is 0.318. The van der Waals surface area contributed by atoms with Crippen molar-refractivity contribution in [3.05, 3.63) is 65.2 Å². The Balaban J connectivity index is 2.23. The van der Waals surface area contributed by atoms with Crippen LogP contribution in [0.5, 0.6) is 5.75 Å². The van der Waals surface area contributed by atoms with Crippen molar-refractivity contribution in [2.75, 3.05) is 12.4 Å². The first kappa shape index (κ1) is 21.5. The molecule has 28 heavy (non-hydrogen) atoms. The summed E-state index contributed by atoms with van der Waals surface area (Å²) < 4.78 is 43.9. The number of carbonyl (C=O) groups excluding carboxylic acids is 1. The molecule has 2 aromatic carbocycles. The molecule has 150 valence electrons. The first-order valence-corrected chi connectivity index (χ1v) is 8.76. The summed E-state index contributed by atoms with van der Waals surface area (Å²) >= 11 is 0. The number of ether oxygens (including phenoxy) is 1. The lowest BCUT2D eigenvalue weighted by Crippen LogP contribution is -2.13. The number of hydrogen-bond donors (Lipinski definition) is 1. The van der Waals surface area contributed by atoms with Crippen LogP contribution < -0.4 is 10.1 Å².